The maximum absolute atomic E-state index is 2.37. The minimum atomic E-state index is 1.08. The Kier molecular flexibility index (Phi) is 9.89. The zero-order chi connectivity index (χ0) is 43.8. The molecule has 0 N–H and O–H groups in total. The number of rotatable bonds is 9. The third kappa shape index (κ3) is 6.75. The molecule has 0 saturated carbocycles. The first-order chi connectivity index (χ1) is 32.8. The van der Waals surface area contributed by atoms with Gasteiger partial charge in [0.2, 0.25) is 0 Å². The van der Waals surface area contributed by atoms with E-state index in [0.29, 0.717) is 0 Å². The fourth-order valence-electron chi connectivity index (χ4n) is 10.1. The Labute approximate surface area is 385 Å². The highest BCUT2D eigenvalue weighted by Gasteiger charge is 2.26. The Morgan fingerprint density at radius 3 is 1.14 bits per heavy atom. The highest BCUT2D eigenvalue weighted by molar-refractivity contribution is 6.22. The molecule has 12 aromatic rings. The van der Waals surface area contributed by atoms with Gasteiger partial charge in [0.15, 0.2) is 0 Å². The largest absolute Gasteiger partial charge is 0.311 e. The van der Waals surface area contributed by atoms with Crippen molar-refractivity contribution in [2.75, 3.05) is 4.90 Å². The molecule has 0 fully saturated rings. The first-order valence-corrected chi connectivity index (χ1v) is 22.7. The zero-order valence-electron chi connectivity index (χ0n) is 36.3. The van der Waals surface area contributed by atoms with Gasteiger partial charge in [-0.2, -0.15) is 0 Å². The summed E-state index contributed by atoms with van der Waals surface area (Å²) in [5, 5.41) is 4.97. The Morgan fingerprint density at radius 1 is 0.242 bits per heavy atom. The molecule has 1 heterocycles. The van der Waals surface area contributed by atoms with Crippen molar-refractivity contribution in [3.8, 4) is 61.3 Å². The van der Waals surface area contributed by atoms with Crippen molar-refractivity contribution in [1.82, 2.24) is 4.57 Å². The Balaban J connectivity index is 1.05. The molecule has 0 unspecified atom stereocenters. The number of benzene rings is 11. The number of anilines is 3. The van der Waals surface area contributed by atoms with Gasteiger partial charge in [0, 0.05) is 33.5 Å². The molecule has 0 aliphatic rings. The van der Waals surface area contributed by atoms with E-state index < -0.39 is 0 Å². The molecule has 2 nitrogen and oxygen atoms in total. The number of hydrogen-bond donors (Lipinski definition) is 0. The minimum absolute atomic E-state index is 1.08. The molecule has 2 heteroatoms. The van der Waals surface area contributed by atoms with E-state index in [1.807, 2.05) is 0 Å². The Bertz CT molecular complexity index is 3580. The summed E-state index contributed by atoms with van der Waals surface area (Å²) in [5.41, 5.74) is 18.8. The fraction of sp³-hybridized carbons (Fsp3) is 0. The van der Waals surface area contributed by atoms with Crippen LogP contribution in [0.4, 0.5) is 17.1 Å². The van der Waals surface area contributed by atoms with Gasteiger partial charge in [0.05, 0.1) is 11.0 Å². The summed E-state index contributed by atoms with van der Waals surface area (Å²) in [6.45, 7) is 0. The third-order valence-corrected chi connectivity index (χ3v) is 13.0. The van der Waals surface area contributed by atoms with E-state index in [-0.39, 0.29) is 0 Å². The lowest BCUT2D eigenvalue weighted by atomic mass is 9.77. The minimum Gasteiger partial charge on any atom is -0.311 e. The van der Waals surface area contributed by atoms with Crippen molar-refractivity contribution in [3.05, 3.63) is 267 Å². The van der Waals surface area contributed by atoms with E-state index in [4.69, 9.17) is 0 Å². The Morgan fingerprint density at radius 2 is 0.621 bits per heavy atom. The molecule has 0 aliphatic carbocycles. The van der Waals surface area contributed by atoms with Crippen LogP contribution >= 0.6 is 0 Å². The summed E-state index contributed by atoms with van der Waals surface area (Å²) in [6, 6.07) is 96.8. The van der Waals surface area contributed by atoms with Crippen LogP contribution in [-0.4, -0.2) is 4.57 Å². The number of aromatic nitrogens is 1. The predicted octanol–water partition coefficient (Wildman–Crippen LogP) is 17.7. The van der Waals surface area contributed by atoms with Gasteiger partial charge in [-0.1, -0.05) is 206 Å². The molecule has 0 radical (unpaired) electrons. The fourth-order valence-corrected chi connectivity index (χ4v) is 10.1. The summed E-state index contributed by atoms with van der Waals surface area (Å²) in [4.78, 5) is 2.35. The lowest BCUT2D eigenvalue weighted by molar-refractivity contribution is 1.17. The van der Waals surface area contributed by atoms with Crippen molar-refractivity contribution < 1.29 is 0 Å². The van der Waals surface area contributed by atoms with Gasteiger partial charge in [-0.15, -0.1) is 0 Å². The lowest BCUT2D eigenvalue weighted by Gasteiger charge is -2.27. The summed E-state index contributed by atoms with van der Waals surface area (Å²) in [6.07, 6.45) is 0. The number of para-hydroxylation sites is 3. The highest BCUT2D eigenvalue weighted by Crippen LogP contribution is 2.53. The Hall–Kier alpha value is -8.72. The molecule has 11 aromatic carbocycles. The van der Waals surface area contributed by atoms with Crippen molar-refractivity contribution in [2.24, 2.45) is 0 Å². The third-order valence-electron chi connectivity index (χ3n) is 13.0. The van der Waals surface area contributed by atoms with E-state index >= 15 is 0 Å². The molecule has 1 aromatic heterocycles. The van der Waals surface area contributed by atoms with Crippen molar-refractivity contribution in [1.29, 1.82) is 0 Å². The molecular formula is C64H44N2. The molecule has 0 amide bonds. The average Bonchev–Trinajstić information content (AvgIpc) is 3.74. The van der Waals surface area contributed by atoms with Crippen LogP contribution in [0.25, 0.3) is 93.9 Å². The second-order valence-electron chi connectivity index (χ2n) is 16.8. The van der Waals surface area contributed by atoms with E-state index in [9.17, 15) is 0 Å². The van der Waals surface area contributed by atoms with E-state index in [1.165, 1.54) is 82.6 Å². The van der Waals surface area contributed by atoms with Crippen LogP contribution in [0.5, 0.6) is 0 Å². The number of fused-ring (bicyclic) bond motifs is 4. The zero-order valence-corrected chi connectivity index (χ0v) is 36.3. The topological polar surface area (TPSA) is 8.17 Å². The lowest BCUT2D eigenvalue weighted by Crippen LogP contribution is -2.10. The summed E-state index contributed by atoms with van der Waals surface area (Å²) < 4.78 is 2.37. The second kappa shape index (κ2) is 16.8. The number of hydrogen-bond acceptors (Lipinski definition) is 1. The van der Waals surface area contributed by atoms with Gasteiger partial charge in [-0.25, -0.2) is 0 Å². The highest BCUT2D eigenvalue weighted by atomic mass is 15.1. The van der Waals surface area contributed by atoms with Crippen molar-refractivity contribution in [2.45, 2.75) is 0 Å². The SMILES string of the molecule is c1ccc(-c2c(-c3ccccc3)c(-c3ccccc3)c3c(-c4ccc(N(c5ccccc5)c5ccc(-n6c7ccccc7c7ccccc76)cc5)cc4)cccc3c2-c2ccccc2)cc1. The van der Waals surface area contributed by atoms with Crippen LogP contribution in [-0.2, 0) is 0 Å². The maximum atomic E-state index is 2.37. The van der Waals surface area contributed by atoms with Crippen LogP contribution in [0, 0.1) is 0 Å². The smallest absolute Gasteiger partial charge is 0.0541 e. The maximum Gasteiger partial charge on any atom is 0.0541 e. The monoisotopic (exact) mass is 840 g/mol. The molecule has 66 heavy (non-hydrogen) atoms. The van der Waals surface area contributed by atoms with E-state index in [2.05, 4.69) is 276 Å². The average molecular weight is 841 g/mol. The number of nitrogens with zero attached hydrogens (tertiary/aromatic N) is 2. The summed E-state index contributed by atoms with van der Waals surface area (Å²) >= 11 is 0. The quantitative estimate of drug-likeness (QED) is 0.141. The van der Waals surface area contributed by atoms with Crippen LogP contribution in [0.2, 0.25) is 0 Å². The van der Waals surface area contributed by atoms with Gasteiger partial charge in [-0.05, 0) is 127 Å². The van der Waals surface area contributed by atoms with Crippen molar-refractivity contribution in [3.63, 3.8) is 0 Å². The van der Waals surface area contributed by atoms with Crippen LogP contribution in [0.15, 0.2) is 267 Å². The molecule has 0 spiro atoms. The van der Waals surface area contributed by atoms with Gasteiger partial charge >= 0.3 is 0 Å². The predicted molar refractivity (Wildman–Crippen MR) is 280 cm³/mol. The van der Waals surface area contributed by atoms with Gasteiger partial charge in [0.25, 0.3) is 0 Å². The first kappa shape index (κ1) is 38.9. The van der Waals surface area contributed by atoms with E-state index in [0.717, 1.165) is 28.3 Å². The molecule has 310 valence electrons. The van der Waals surface area contributed by atoms with Crippen LogP contribution in [0.1, 0.15) is 0 Å². The molecular weight excluding hydrogens is 797 g/mol. The molecule has 0 aliphatic heterocycles. The van der Waals surface area contributed by atoms with Crippen molar-refractivity contribution >= 4 is 49.6 Å². The van der Waals surface area contributed by atoms with Crippen LogP contribution < -0.4 is 4.90 Å². The molecule has 12 rings (SSSR count). The van der Waals surface area contributed by atoms with Crippen LogP contribution in [0.3, 0.4) is 0 Å². The first-order valence-electron chi connectivity index (χ1n) is 22.7. The second-order valence-corrected chi connectivity index (χ2v) is 16.8. The van der Waals surface area contributed by atoms with E-state index in [1.54, 1.807) is 0 Å². The molecule has 0 saturated heterocycles. The van der Waals surface area contributed by atoms with Gasteiger partial charge in [0.1, 0.15) is 0 Å². The summed E-state index contributed by atoms with van der Waals surface area (Å²) in [7, 11) is 0. The standard InChI is InChI=1S/C64H44N2/c1-6-21-46(22-7-1)60-57-34-20-33-54(64(57)63(49-27-12-4-13-28-49)62(48-25-10-3-11-26-48)61(60)47-23-8-2-9-24-47)45-37-39-51(40-38-45)65(50-29-14-5-15-30-50)52-41-43-53(44-42-52)66-58-35-18-16-31-55(58)56-32-17-19-36-59(56)66/h1-44H. The molecule has 0 atom stereocenters. The van der Waals surface area contributed by atoms with Gasteiger partial charge in [-0.3, -0.25) is 0 Å². The summed E-state index contributed by atoms with van der Waals surface area (Å²) in [5.74, 6) is 0. The van der Waals surface area contributed by atoms with Gasteiger partial charge < -0.3 is 9.47 Å². The normalized spacial score (nSPS) is 11.3. The molecule has 0 bridgehead atoms.